The van der Waals surface area contributed by atoms with Gasteiger partial charge in [0.1, 0.15) is 5.00 Å². The smallest absolute Gasteiger partial charge is 0.319 e. The fourth-order valence-electron chi connectivity index (χ4n) is 5.01. The van der Waals surface area contributed by atoms with E-state index in [-0.39, 0.29) is 23.3 Å². The summed E-state index contributed by atoms with van der Waals surface area (Å²) in [5.41, 5.74) is 0.245. The van der Waals surface area contributed by atoms with Crippen molar-refractivity contribution in [2.45, 2.75) is 46.6 Å². The van der Waals surface area contributed by atoms with Crippen LogP contribution in [-0.2, 0) is 4.79 Å². The monoisotopic (exact) mass is 499 g/mol. The van der Waals surface area contributed by atoms with Gasteiger partial charge in [0.05, 0.1) is 5.56 Å². The van der Waals surface area contributed by atoms with E-state index in [1.165, 1.54) is 11.3 Å². The van der Waals surface area contributed by atoms with Crippen molar-refractivity contribution in [1.82, 2.24) is 20.0 Å². The average Bonchev–Trinajstić information content (AvgIpc) is 3.20. The lowest BCUT2D eigenvalue weighted by Gasteiger charge is -2.43. The molecule has 0 spiro atoms. The van der Waals surface area contributed by atoms with E-state index < -0.39 is 0 Å². The predicted molar refractivity (Wildman–Crippen MR) is 141 cm³/mol. The number of fused-ring (bicyclic) bond motifs is 1. The molecule has 0 saturated carbocycles. The molecule has 2 aliphatic rings. The van der Waals surface area contributed by atoms with E-state index in [1.807, 2.05) is 61.8 Å². The van der Waals surface area contributed by atoms with Gasteiger partial charge in [-0.2, -0.15) is 0 Å². The minimum Gasteiger partial charge on any atom is -0.342 e. The fraction of sp³-hybridized carbons (Fsp3) is 0.577. The van der Waals surface area contributed by atoms with Crippen LogP contribution in [0.25, 0.3) is 10.1 Å². The fourth-order valence-corrected chi connectivity index (χ4v) is 6.10. The second-order valence-corrected chi connectivity index (χ2v) is 11.4. The maximum absolute atomic E-state index is 13.6. The van der Waals surface area contributed by atoms with Crippen LogP contribution in [0.4, 0.5) is 9.80 Å². The molecule has 8 nitrogen and oxygen atoms in total. The quantitative estimate of drug-likeness (QED) is 0.670. The van der Waals surface area contributed by atoms with Crippen molar-refractivity contribution in [3.8, 4) is 0 Å². The lowest BCUT2D eigenvalue weighted by molar-refractivity contribution is -0.141. The van der Waals surface area contributed by atoms with Gasteiger partial charge in [0, 0.05) is 67.4 Å². The zero-order valence-corrected chi connectivity index (χ0v) is 22.0. The van der Waals surface area contributed by atoms with Crippen LogP contribution >= 0.6 is 11.3 Å². The number of amides is 4. The first kappa shape index (κ1) is 25.4. The normalized spacial score (nSPS) is 18.1. The number of anilines is 1. The number of urea groups is 1. The molecule has 35 heavy (non-hydrogen) atoms. The number of nitrogens with one attached hydrogen (secondary N) is 2. The van der Waals surface area contributed by atoms with Crippen LogP contribution in [0.2, 0.25) is 0 Å². The third-order valence-corrected chi connectivity index (χ3v) is 7.97. The van der Waals surface area contributed by atoms with Crippen LogP contribution in [0.1, 0.15) is 50.9 Å². The lowest BCUT2D eigenvalue weighted by atomic mass is 9.92. The number of piperidine rings is 1. The number of thiophene rings is 1. The highest BCUT2D eigenvalue weighted by Gasteiger charge is 2.34. The molecule has 190 valence electrons. The third-order valence-electron chi connectivity index (χ3n) is 6.88. The van der Waals surface area contributed by atoms with Gasteiger partial charge in [-0.25, -0.2) is 4.79 Å². The molecular weight excluding hydrogens is 462 g/mol. The van der Waals surface area contributed by atoms with E-state index in [0.717, 1.165) is 49.1 Å². The Morgan fingerprint density at radius 3 is 2.26 bits per heavy atom. The highest BCUT2D eigenvalue weighted by atomic mass is 32.1. The minimum absolute atomic E-state index is 0.0282. The number of nitrogens with zero attached hydrogens (tertiary/aromatic N) is 3. The van der Waals surface area contributed by atoms with Gasteiger partial charge < -0.3 is 15.1 Å². The molecule has 0 bridgehead atoms. The maximum Gasteiger partial charge on any atom is 0.319 e. The van der Waals surface area contributed by atoms with E-state index in [1.54, 1.807) is 0 Å². The first-order valence-corrected chi connectivity index (χ1v) is 13.4. The standard InChI is InChI=1S/C26H37N5O3S/c1-5-27-25(34)28-22-21(19-8-6-7-9-20(19)35-22)23(32)30-16-14-29(15-17-30)18-10-12-31(13-11-18)24(33)26(2,3)4/h6-9,18H,5,10-17H2,1-4H3,(H2,27,28,34). The molecule has 1 aromatic heterocycles. The van der Waals surface area contributed by atoms with E-state index in [4.69, 9.17) is 0 Å². The number of rotatable bonds is 4. The molecule has 9 heteroatoms. The molecule has 3 heterocycles. The van der Waals surface area contributed by atoms with E-state index >= 15 is 0 Å². The Morgan fingerprint density at radius 1 is 0.971 bits per heavy atom. The van der Waals surface area contributed by atoms with Crippen LogP contribution < -0.4 is 10.6 Å². The number of piperazine rings is 1. The van der Waals surface area contributed by atoms with Gasteiger partial charge in [0.15, 0.2) is 0 Å². The molecule has 2 fully saturated rings. The van der Waals surface area contributed by atoms with Crippen LogP contribution in [0.5, 0.6) is 0 Å². The summed E-state index contributed by atoms with van der Waals surface area (Å²) in [4.78, 5) is 44.8. The summed E-state index contributed by atoms with van der Waals surface area (Å²) in [6.07, 6.45) is 1.96. The molecule has 2 saturated heterocycles. The van der Waals surface area contributed by atoms with Crippen molar-refractivity contribution in [1.29, 1.82) is 0 Å². The number of benzene rings is 1. The van der Waals surface area contributed by atoms with E-state index in [2.05, 4.69) is 15.5 Å². The molecule has 4 amide bonds. The van der Waals surface area contributed by atoms with Crippen LogP contribution in [-0.4, -0.2) is 84.4 Å². The van der Waals surface area contributed by atoms with Crippen molar-refractivity contribution in [3.05, 3.63) is 29.8 Å². The van der Waals surface area contributed by atoms with Gasteiger partial charge >= 0.3 is 6.03 Å². The third kappa shape index (κ3) is 5.62. The number of likely N-dealkylation sites (tertiary alicyclic amines) is 1. The second kappa shape index (κ2) is 10.5. The Balaban J connectivity index is 1.39. The number of carbonyl (C=O) groups excluding carboxylic acids is 3. The topological polar surface area (TPSA) is 85.0 Å². The highest BCUT2D eigenvalue weighted by Crippen LogP contribution is 2.37. The minimum atomic E-state index is -0.338. The van der Waals surface area contributed by atoms with Crippen LogP contribution in [0.3, 0.4) is 0 Å². The molecule has 2 N–H and O–H groups in total. The first-order chi connectivity index (χ1) is 16.7. The highest BCUT2D eigenvalue weighted by molar-refractivity contribution is 7.23. The molecule has 1 aromatic carbocycles. The van der Waals surface area contributed by atoms with Gasteiger partial charge in [-0.15, -0.1) is 11.3 Å². The van der Waals surface area contributed by atoms with Gasteiger partial charge in [0.2, 0.25) is 5.91 Å². The predicted octanol–water partition coefficient (Wildman–Crippen LogP) is 3.84. The maximum atomic E-state index is 13.6. The summed E-state index contributed by atoms with van der Waals surface area (Å²) < 4.78 is 0.984. The molecule has 2 aliphatic heterocycles. The van der Waals surface area contributed by atoms with Crippen molar-refractivity contribution in [3.63, 3.8) is 0 Å². The van der Waals surface area contributed by atoms with Gasteiger partial charge in [-0.05, 0) is 25.8 Å². The second-order valence-electron chi connectivity index (χ2n) is 10.4. The lowest BCUT2D eigenvalue weighted by Crippen LogP contribution is -2.55. The average molecular weight is 500 g/mol. The summed E-state index contributed by atoms with van der Waals surface area (Å²) in [6.45, 7) is 12.9. The molecule has 4 rings (SSSR count). The number of hydrogen-bond acceptors (Lipinski definition) is 5. The Morgan fingerprint density at radius 2 is 1.63 bits per heavy atom. The summed E-state index contributed by atoms with van der Waals surface area (Å²) in [5.74, 6) is 0.200. The number of hydrogen-bond donors (Lipinski definition) is 2. The Kier molecular flexibility index (Phi) is 7.66. The van der Waals surface area contributed by atoms with Gasteiger partial charge in [-0.1, -0.05) is 39.0 Å². The van der Waals surface area contributed by atoms with E-state index in [0.29, 0.717) is 36.2 Å². The van der Waals surface area contributed by atoms with Crippen LogP contribution in [0.15, 0.2) is 24.3 Å². The zero-order valence-electron chi connectivity index (χ0n) is 21.2. The van der Waals surface area contributed by atoms with Crippen molar-refractivity contribution in [2.24, 2.45) is 5.41 Å². The first-order valence-electron chi connectivity index (χ1n) is 12.6. The molecule has 0 aliphatic carbocycles. The van der Waals surface area contributed by atoms with Crippen molar-refractivity contribution in [2.75, 3.05) is 51.1 Å². The molecule has 0 unspecified atom stereocenters. The SMILES string of the molecule is CCNC(=O)Nc1sc2ccccc2c1C(=O)N1CCN(C2CCN(C(=O)C(C)(C)C)CC2)CC1. The molecule has 0 atom stereocenters. The zero-order chi connectivity index (χ0) is 25.2. The van der Waals surface area contributed by atoms with Crippen molar-refractivity contribution < 1.29 is 14.4 Å². The Hall–Kier alpha value is -2.65. The molecule has 0 radical (unpaired) electrons. The molecular formula is C26H37N5O3S. The Labute approximate surface area is 211 Å². The Bertz CT molecular complexity index is 1080. The van der Waals surface area contributed by atoms with Crippen LogP contribution in [0, 0.1) is 5.41 Å². The van der Waals surface area contributed by atoms with Crippen molar-refractivity contribution >= 4 is 44.3 Å². The van der Waals surface area contributed by atoms with E-state index in [9.17, 15) is 14.4 Å². The van der Waals surface area contributed by atoms with Gasteiger partial charge in [0.25, 0.3) is 5.91 Å². The summed E-state index contributed by atoms with van der Waals surface area (Å²) in [6, 6.07) is 7.96. The summed E-state index contributed by atoms with van der Waals surface area (Å²) >= 11 is 1.44. The molecule has 2 aromatic rings. The number of carbonyl (C=O) groups is 3. The summed E-state index contributed by atoms with van der Waals surface area (Å²) in [5, 5.41) is 7.11. The summed E-state index contributed by atoms with van der Waals surface area (Å²) in [7, 11) is 0. The largest absolute Gasteiger partial charge is 0.342 e. The van der Waals surface area contributed by atoms with Gasteiger partial charge in [-0.3, -0.25) is 19.8 Å².